The zero-order valence-electron chi connectivity index (χ0n) is 15.1. The molecule has 0 bridgehead atoms. The number of nitrogens with zero attached hydrogens (tertiary/aromatic N) is 4. The monoisotopic (exact) mass is 358 g/mol. The van der Waals surface area contributed by atoms with Gasteiger partial charge in [0.15, 0.2) is 5.69 Å². The van der Waals surface area contributed by atoms with Crippen molar-refractivity contribution in [3.63, 3.8) is 0 Å². The van der Waals surface area contributed by atoms with Gasteiger partial charge >= 0.3 is 0 Å². The molecule has 1 aromatic heterocycles. The van der Waals surface area contributed by atoms with E-state index in [1.54, 1.807) is 18.0 Å². The first-order chi connectivity index (χ1) is 12.7. The van der Waals surface area contributed by atoms with Crippen LogP contribution in [0.3, 0.4) is 0 Å². The summed E-state index contributed by atoms with van der Waals surface area (Å²) in [6.07, 6.45) is 4.51. The van der Waals surface area contributed by atoms with Crippen molar-refractivity contribution in [2.45, 2.75) is 31.8 Å². The van der Waals surface area contributed by atoms with Crippen molar-refractivity contribution in [2.75, 3.05) is 32.1 Å². The predicted octanol–water partition coefficient (Wildman–Crippen LogP) is 1.35. The van der Waals surface area contributed by atoms with Crippen molar-refractivity contribution in [1.82, 2.24) is 19.9 Å². The Kier molecular flexibility index (Phi) is 6.06. The van der Waals surface area contributed by atoms with E-state index in [-0.39, 0.29) is 11.9 Å². The Morgan fingerprint density at radius 1 is 1.38 bits per heavy atom. The van der Waals surface area contributed by atoms with Crippen molar-refractivity contribution in [3.8, 4) is 5.75 Å². The normalized spacial score (nSPS) is 17.2. The number of ether oxygens (including phenoxy) is 1. The molecule has 0 radical (unpaired) electrons. The summed E-state index contributed by atoms with van der Waals surface area (Å²) in [6, 6.07) is 8.04. The molecule has 2 aromatic rings. The van der Waals surface area contributed by atoms with Crippen LogP contribution in [0.1, 0.15) is 29.8 Å². The molecule has 1 amide bonds. The minimum absolute atomic E-state index is 0.0646. The van der Waals surface area contributed by atoms with Gasteiger partial charge in [0.05, 0.1) is 13.3 Å². The maximum absolute atomic E-state index is 12.7. The lowest BCUT2D eigenvalue weighted by molar-refractivity contribution is 0.0708. The first kappa shape index (κ1) is 18.2. The Morgan fingerprint density at radius 2 is 2.19 bits per heavy atom. The van der Waals surface area contributed by atoms with Gasteiger partial charge in [-0.05, 0) is 50.1 Å². The minimum atomic E-state index is -0.0646. The number of anilines is 1. The Balaban J connectivity index is 1.58. The summed E-state index contributed by atoms with van der Waals surface area (Å²) in [6.45, 7) is 2.67. The number of aromatic nitrogens is 3. The first-order valence-electron chi connectivity index (χ1n) is 8.99. The van der Waals surface area contributed by atoms with Gasteiger partial charge in [-0.2, -0.15) is 0 Å². The lowest BCUT2D eigenvalue weighted by Gasteiger charge is -2.33. The summed E-state index contributed by atoms with van der Waals surface area (Å²) < 4.78 is 6.86. The van der Waals surface area contributed by atoms with Gasteiger partial charge < -0.3 is 20.7 Å². The SMILES string of the molecule is COc1ccc(N[C@@H]2CCCN(C(=O)c3cn(CCCN)nn3)C2)cc1. The number of hydrogen-bond donors (Lipinski definition) is 2. The topological polar surface area (TPSA) is 98.3 Å². The molecular weight excluding hydrogens is 332 g/mol. The van der Waals surface area contributed by atoms with E-state index >= 15 is 0 Å². The number of amides is 1. The molecule has 1 aromatic carbocycles. The second-order valence-corrected chi connectivity index (χ2v) is 6.47. The molecule has 8 nitrogen and oxygen atoms in total. The maximum atomic E-state index is 12.7. The molecular formula is C18H26N6O2. The number of nitrogens with one attached hydrogen (secondary N) is 1. The number of nitrogens with two attached hydrogens (primary N) is 1. The van der Waals surface area contributed by atoms with Crippen LogP contribution in [0.4, 0.5) is 5.69 Å². The summed E-state index contributed by atoms with van der Waals surface area (Å²) in [7, 11) is 1.65. The van der Waals surface area contributed by atoms with E-state index in [1.165, 1.54) is 0 Å². The van der Waals surface area contributed by atoms with Crippen LogP contribution in [-0.2, 0) is 6.54 Å². The lowest BCUT2D eigenvalue weighted by Crippen LogP contribution is -2.45. The number of carbonyl (C=O) groups is 1. The number of carbonyl (C=O) groups excluding carboxylic acids is 1. The average Bonchev–Trinajstić information content (AvgIpc) is 3.15. The van der Waals surface area contributed by atoms with Gasteiger partial charge in [0.2, 0.25) is 0 Å². The number of piperidine rings is 1. The Morgan fingerprint density at radius 3 is 2.92 bits per heavy atom. The molecule has 3 N–H and O–H groups in total. The molecule has 1 aliphatic heterocycles. The highest BCUT2D eigenvalue weighted by atomic mass is 16.5. The van der Waals surface area contributed by atoms with Crippen LogP contribution in [-0.4, -0.2) is 58.6 Å². The quantitative estimate of drug-likeness (QED) is 0.775. The van der Waals surface area contributed by atoms with Gasteiger partial charge in [0.25, 0.3) is 5.91 Å². The molecule has 8 heteroatoms. The lowest BCUT2D eigenvalue weighted by atomic mass is 10.0. The van der Waals surface area contributed by atoms with E-state index in [9.17, 15) is 4.79 Å². The van der Waals surface area contributed by atoms with Gasteiger partial charge in [-0.25, -0.2) is 0 Å². The maximum Gasteiger partial charge on any atom is 0.276 e. The standard InChI is InChI=1S/C18H26N6O2/c1-26-16-7-5-14(6-8-16)20-15-4-2-10-23(12-15)18(25)17-13-24(22-21-17)11-3-9-19/h5-8,13,15,20H,2-4,9-12,19H2,1H3/t15-/m1/s1. The highest BCUT2D eigenvalue weighted by Crippen LogP contribution is 2.20. The van der Waals surface area contributed by atoms with E-state index < -0.39 is 0 Å². The van der Waals surface area contributed by atoms with E-state index in [0.717, 1.165) is 37.2 Å². The fourth-order valence-corrected chi connectivity index (χ4v) is 3.12. The van der Waals surface area contributed by atoms with Crippen LogP contribution in [0.5, 0.6) is 5.75 Å². The van der Waals surface area contributed by atoms with Crippen LogP contribution < -0.4 is 15.8 Å². The Hall–Kier alpha value is -2.61. The first-order valence-corrected chi connectivity index (χ1v) is 8.99. The molecule has 1 atom stereocenters. The van der Waals surface area contributed by atoms with E-state index in [0.29, 0.717) is 25.3 Å². The fourth-order valence-electron chi connectivity index (χ4n) is 3.12. The number of likely N-dealkylation sites (tertiary alicyclic amines) is 1. The van der Waals surface area contributed by atoms with Gasteiger partial charge in [-0.15, -0.1) is 5.10 Å². The third-order valence-electron chi connectivity index (χ3n) is 4.52. The van der Waals surface area contributed by atoms with Crippen LogP contribution in [0.2, 0.25) is 0 Å². The van der Waals surface area contributed by atoms with Gasteiger partial charge in [-0.3, -0.25) is 9.48 Å². The summed E-state index contributed by atoms with van der Waals surface area (Å²) >= 11 is 0. The van der Waals surface area contributed by atoms with Gasteiger partial charge in [0.1, 0.15) is 5.75 Å². The largest absolute Gasteiger partial charge is 0.497 e. The molecule has 3 rings (SSSR count). The molecule has 0 aliphatic carbocycles. The van der Waals surface area contributed by atoms with Crippen molar-refractivity contribution in [3.05, 3.63) is 36.2 Å². The van der Waals surface area contributed by atoms with Gasteiger partial charge in [-0.1, -0.05) is 5.21 Å². The van der Waals surface area contributed by atoms with E-state index in [2.05, 4.69) is 15.6 Å². The predicted molar refractivity (Wildman–Crippen MR) is 99.2 cm³/mol. The number of aryl methyl sites for hydroxylation is 1. The molecule has 1 fully saturated rings. The minimum Gasteiger partial charge on any atom is -0.497 e. The van der Waals surface area contributed by atoms with Crippen LogP contribution in [0.25, 0.3) is 0 Å². The molecule has 2 heterocycles. The van der Waals surface area contributed by atoms with Crippen molar-refractivity contribution >= 4 is 11.6 Å². The Bertz CT molecular complexity index is 715. The fraction of sp³-hybridized carbons (Fsp3) is 0.500. The summed E-state index contributed by atoms with van der Waals surface area (Å²) in [4.78, 5) is 14.6. The third-order valence-corrected chi connectivity index (χ3v) is 4.52. The smallest absolute Gasteiger partial charge is 0.276 e. The zero-order chi connectivity index (χ0) is 18.4. The summed E-state index contributed by atoms with van der Waals surface area (Å²) in [5, 5.41) is 11.5. The van der Waals surface area contributed by atoms with E-state index in [4.69, 9.17) is 10.5 Å². The summed E-state index contributed by atoms with van der Waals surface area (Å²) in [5.41, 5.74) is 6.93. The van der Waals surface area contributed by atoms with Crippen molar-refractivity contribution in [1.29, 1.82) is 0 Å². The van der Waals surface area contributed by atoms with Crippen molar-refractivity contribution in [2.24, 2.45) is 5.73 Å². The highest BCUT2D eigenvalue weighted by molar-refractivity contribution is 5.92. The number of rotatable bonds is 7. The molecule has 1 saturated heterocycles. The zero-order valence-corrected chi connectivity index (χ0v) is 15.1. The second kappa shape index (κ2) is 8.66. The number of methoxy groups -OCH3 is 1. The average molecular weight is 358 g/mol. The molecule has 1 aliphatic rings. The molecule has 26 heavy (non-hydrogen) atoms. The second-order valence-electron chi connectivity index (χ2n) is 6.47. The van der Waals surface area contributed by atoms with Crippen molar-refractivity contribution < 1.29 is 9.53 Å². The van der Waals surface area contributed by atoms with Crippen LogP contribution in [0.15, 0.2) is 30.5 Å². The third kappa shape index (κ3) is 4.51. The summed E-state index contributed by atoms with van der Waals surface area (Å²) in [5.74, 6) is 0.763. The number of hydrogen-bond acceptors (Lipinski definition) is 6. The number of benzene rings is 1. The highest BCUT2D eigenvalue weighted by Gasteiger charge is 2.26. The molecule has 140 valence electrons. The molecule has 0 saturated carbocycles. The van der Waals surface area contributed by atoms with E-state index in [1.807, 2.05) is 29.2 Å². The van der Waals surface area contributed by atoms with Crippen LogP contribution in [0, 0.1) is 0 Å². The Labute approximate surface area is 153 Å². The van der Waals surface area contributed by atoms with Gasteiger partial charge in [0, 0.05) is 31.4 Å². The molecule has 0 unspecified atom stereocenters. The van der Waals surface area contributed by atoms with Crippen LogP contribution >= 0.6 is 0 Å². The molecule has 0 spiro atoms.